The molecule has 3 rings (SSSR count). The molecule has 1 atom stereocenters. The summed E-state index contributed by atoms with van der Waals surface area (Å²) in [6.07, 6.45) is 2.34. The lowest BCUT2D eigenvalue weighted by Gasteiger charge is -2.18. The van der Waals surface area contributed by atoms with Crippen molar-refractivity contribution in [2.75, 3.05) is 12.8 Å². The molecule has 1 aromatic carbocycles. The minimum Gasteiger partial charge on any atom is -0.318 e. The van der Waals surface area contributed by atoms with Crippen LogP contribution in [0.4, 0.5) is 0 Å². The number of aromatic nitrogens is 1. The first kappa shape index (κ1) is 16.8. The van der Waals surface area contributed by atoms with E-state index in [9.17, 15) is 13.2 Å². The summed E-state index contributed by atoms with van der Waals surface area (Å²) in [6, 6.07) is 5.14. The number of amides is 1. The molecule has 1 unspecified atom stereocenters. The van der Waals surface area contributed by atoms with Crippen molar-refractivity contribution < 1.29 is 13.2 Å². The van der Waals surface area contributed by atoms with Crippen molar-refractivity contribution in [1.82, 2.24) is 8.87 Å². The van der Waals surface area contributed by atoms with Crippen molar-refractivity contribution in [3.05, 3.63) is 27.5 Å². The van der Waals surface area contributed by atoms with Crippen molar-refractivity contribution in [1.29, 1.82) is 0 Å². The number of thiazole rings is 1. The Balaban J connectivity index is 2.03. The van der Waals surface area contributed by atoms with Gasteiger partial charge in [-0.15, -0.1) is 0 Å². The number of para-hydroxylation sites is 1. The van der Waals surface area contributed by atoms with Gasteiger partial charge in [-0.2, -0.15) is 9.30 Å². The van der Waals surface area contributed by atoms with E-state index in [1.165, 1.54) is 15.6 Å². The quantitative estimate of drug-likeness (QED) is 0.748. The molecule has 1 amide bonds. The van der Waals surface area contributed by atoms with E-state index in [1.807, 2.05) is 29.8 Å². The van der Waals surface area contributed by atoms with Gasteiger partial charge in [0, 0.05) is 18.1 Å². The van der Waals surface area contributed by atoms with Gasteiger partial charge in [-0.3, -0.25) is 4.79 Å². The molecule has 0 N–H and O–H groups in total. The van der Waals surface area contributed by atoms with E-state index in [2.05, 4.69) is 20.9 Å². The third-order valence-corrected chi connectivity index (χ3v) is 6.92. The number of nitrogens with zero attached hydrogens (tertiary/aromatic N) is 3. The van der Waals surface area contributed by atoms with Crippen molar-refractivity contribution in [2.45, 2.75) is 18.9 Å². The lowest BCUT2D eigenvalue weighted by molar-refractivity contribution is -0.121. The Bertz CT molecular complexity index is 946. The van der Waals surface area contributed by atoms with Crippen LogP contribution in [0.15, 0.2) is 27.7 Å². The van der Waals surface area contributed by atoms with Crippen LogP contribution in [0.3, 0.4) is 0 Å². The minimum atomic E-state index is -3.39. The van der Waals surface area contributed by atoms with Crippen LogP contribution in [0.5, 0.6) is 0 Å². The number of hydrogen-bond acceptors (Lipinski definition) is 4. The third kappa shape index (κ3) is 3.15. The highest BCUT2D eigenvalue weighted by atomic mass is 79.9. The van der Waals surface area contributed by atoms with Crippen LogP contribution >= 0.6 is 27.3 Å². The predicted octanol–water partition coefficient (Wildman–Crippen LogP) is 1.85. The van der Waals surface area contributed by atoms with Gasteiger partial charge in [-0.25, -0.2) is 8.42 Å². The maximum atomic E-state index is 12.5. The second-order valence-corrected chi connectivity index (χ2v) is 9.31. The molecule has 23 heavy (non-hydrogen) atoms. The molecule has 2 aromatic rings. The standard InChI is InChI=1S/C14H16BrN3O3S2/c1-17-12-9(15)5-3-7-11(12)22-14(17)16-13(19)10-6-4-8-18(10)23(2,20)21/h3,5,7,10H,4,6,8H2,1-2H3. The topological polar surface area (TPSA) is 71.7 Å². The van der Waals surface area contributed by atoms with Gasteiger partial charge in [0.1, 0.15) is 6.04 Å². The molecular formula is C14H16BrN3O3S2. The number of hydrogen-bond donors (Lipinski definition) is 0. The number of carbonyl (C=O) groups excluding carboxylic acids is 1. The Morgan fingerprint density at radius 3 is 2.83 bits per heavy atom. The normalized spacial score (nSPS) is 20.5. The number of halogens is 1. The minimum absolute atomic E-state index is 0.384. The number of sulfonamides is 1. The fraction of sp³-hybridized carbons (Fsp3) is 0.429. The monoisotopic (exact) mass is 417 g/mol. The molecule has 1 aliphatic heterocycles. The van der Waals surface area contributed by atoms with Crippen molar-refractivity contribution in [3.63, 3.8) is 0 Å². The van der Waals surface area contributed by atoms with Gasteiger partial charge in [0.2, 0.25) is 10.0 Å². The number of carbonyl (C=O) groups is 1. The summed E-state index contributed by atoms with van der Waals surface area (Å²) < 4.78 is 28.6. The maximum Gasteiger partial charge on any atom is 0.266 e. The molecule has 0 bridgehead atoms. The first-order valence-electron chi connectivity index (χ1n) is 7.08. The molecule has 1 aromatic heterocycles. The van der Waals surface area contributed by atoms with Crippen LogP contribution in [0.1, 0.15) is 12.8 Å². The Hall–Kier alpha value is -1.03. The van der Waals surface area contributed by atoms with Gasteiger partial charge in [0.05, 0.1) is 16.5 Å². The van der Waals surface area contributed by atoms with Crippen LogP contribution in [-0.4, -0.2) is 42.0 Å². The fourth-order valence-corrected chi connectivity index (χ4v) is 5.75. The molecule has 1 fully saturated rings. The van der Waals surface area contributed by atoms with Crippen LogP contribution < -0.4 is 4.80 Å². The number of benzene rings is 1. The van der Waals surface area contributed by atoms with E-state index < -0.39 is 22.0 Å². The van der Waals surface area contributed by atoms with Gasteiger partial charge < -0.3 is 4.57 Å². The zero-order chi connectivity index (χ0) is 16.8. The van der Waals surface area contributed by atoms with Crippen molar-refractivity contribution in [3.8, 4) is 0 Å². The van der Waals surface area contributed by atoms with Gasteiger partial charge in [-0.05, 0) is 40.9 Å². The first-order chi connectivity index (χ1) is 10.8. The molecule has 9 heteroatoms. The lowest BCUT2D eigenvalue weighted by Crippen LogP contribution is -2.39. The van der Waals surface area contributed by atoms with E-state index in [1.54, 1.807) is 0 Å². The van der Waals surface area contributed by atoms with Crippen LogP contribution in [0.2, 0.25) is 0 Å². The van der Waals surface area contributed by atoms with Gasteiger partial charge in [0.15, 0.2) is 4.80 Å². The second kappa shape index (κ2) is 6.12. The van der Waals surface area contributed by atoms with E-state index in [4.69, 9.17) is 0 Å². The Morgan fingerprint density at radius 1 is 1.43 bits per heavy atom. The SMILES string of the molecule is Cn1c(=NC(=O)C2CCCN2S(C)(=O)=O)sc2cccc(Br)c21. The Morgan fingerprint density at radius 2 is 2.17 bits per heavy atom. The predicted molar refractivity (Wildman–Crippen MR) is 93.6 cm³/mol. The molecule has 0 saturated carbocycles. The summed E-state index contributed by atoms with van der Waals surface area (Å²) in [5, 5.41) is 0. The van der Waals surface area contributed by atoms with Crippen molar-refractivity contribution >= 4 is 53.4 Å². The fourth-order valence-electron chi connectivity index (χ4n) is 2.82. The summed E-state index contributed by atoms with van der Waals surface area (Å²) in [5.74, 6) is -0.397. The highest BCUT2D eigenvalue weighted by Crippen LogP contribution is 2.25. The highest BCUT2D eigenvalue weighted by Gasteiger charge is 2.36. The molecule has 1 saturated heterocycles. The highest BCUT2D eigenvalue weighted by molar-refractivity contribution is 9.10. The van der Waals surface area contributed by atoms with E-state index in [0.717, 1.165) is 20.9 Å². The number of aryl methyl sites for hydroxylation is 1. The largest absolute Gasteiger partial charge is 0.318 e. The second-order valence-electron chi connectivity index (χ2n) is 5.51. The number of fused-ring (bicyclic) bond motifs is 1. The molecule has 0 radical (unpaired) electrons. The molecule has 124 valence electrons. The van der Waals surface area contributed by atoms with Gasteiger partial charge in [0.25, 0.3) is 5.91 Å². The summed E-state index contributed by atoms with van der Waals surface area (Å²) in [4.78, 5) is 17.3. The lowest BCUT2D eigenvalue weighted by atomic mass is 10.2. The average Bonchev–Trinajstić information content (AvgIpc) is 3.05. The third-order valence-electron chi connectivity index (χ3n) is 3.89. The van der Waals surface area contributed by atoms with Crippen LogP contribution in [0.25, 0.3) is 10.2 Å². The molecule has 0 spiro atoms. The zero-order valence-electron chi connectivity index (χ0n) is 12.7. The molecule has 6 nitrogen and oxygen atoms in total. The van der Waals surface area contributed by atoms with E-state index in [0.29, 0.717) is 24.2 Å². The maximum absolute atomic E-state index is 12.5. The Labute approximate surface area is 146 Å². The molecule has 0 aliphatic carbocycles. The summed E-state index contributed by atoms with van der Waals surface area (Å²) >= 11 is 4.91. The summed E-state index contributed by atoms with van der Waals surface area (Å²) in [5.41, 5.74) is 0.968. The molecular weight excluding hydrogens is 402 g/mol. The number of rotatable bonds is 2. The summed E-state index contributed by atoms with van der Waals surface area (Å²) in [7, 11) is -1.54. The molecule has 1 aliphatic rings. The average molecular weight is 418 g/mol. The van der Waals surface area contributed by atoms with E-state index >= 15 is 0 Å². The zero-order valence-corrected chi connectivity index (χ0v) is 15.9. The van der Waals surface area contributed by atoms with E-state index in [-0.39, 0.29) is 0 Å². The Kier molecular flexibility index (Phi) is 4.47. The molecule has 2 heterocycles. The first-order valence-corrected chi connectivity index (χ1v) is 10.5. The van der Waals surface area contributed by atoms with Gasteiger partial charge in [-0.1, -0.05) is 17.4 Å². The smallest absolute Gasteiger partial charge is 0.266 e. The van der Waals surface area contributed by atoms with Gasteiger partial charge >= 0.3 is 0 Å². The van der Waals surface area contributed by atoms with Crippen LogP contribution in [-0.2, 0) is 21.9 Å². The summed E-state index contributed by atoms with van der Waals surface area (Å²) in [6.45, 7) is 0.384. The van der Waals surface area contributed by atoms with Crippen LogP contribution in [0, 0.1) is 0 Å². The van der Waals surface area contributed by atoms with Crippen molar-refractivity contribution in [2.24, 2.45) is 12.0 Å².